The number of aromatic amines is 1. The Morgan fingerprint density at radius 2 is 2.14 bits per heavy atom. The number of fused-ring (bicyclic) bond motifs is 1. The zero-order valence-electron chi connectivity index (χ0n) is 12.9. The van der Waals surface area contributed by atoms with Gasteiger partial charge in [0.1, 0.15) is 17.8 Å². The number of sulfonamides is 1. The summed E-state index contributed by atoms with van der Waals surface area (Å²) in [6, 6.07) is 1.85. The molecule has 120 valence electrons. The van der Waals surface area contributed by atoms with Gasteiger partial charge < -0.3 is 9.88 Å². The number of nitrogens with zero attached hydrogens (tertiary/aromatic N) is 3. The highest BCUT2D eigenvalue weighted by Crippen LogP contribution is 2.31. The molecule has 0 amide bonds. The molecule has 7 nitrogen and oxygen atoms in total. The quantitative estimate of drug-likeness (QED) is 0.875. The highest BCUT2D eigenvalue weighted by Gasteiger charge is 2.37. The first-order valence-corrected chi connectivity index (χ1v) is 9.24. The summed E-state index contributed by atoms with van der Waals surface area (Å²) in [6.07, 6.45) is 4.59. The first kappa shape index (κ1) is 15.2. The van der Waals surface area contributed by atoms with Crippen LogP contribution in [0.2, 0.25) is 0 Å². The van der Waals surface area contributed by atoms with E-state index in [2.05, 4.69) is 38.4 Å². The van der Waals surface area contributed by atoms with Crippen LogP contribution in [0.3, 0.4) is 0 Å². The van der Waals surface area contributed by atoms with Crippen molar-refractivity contribution < 1.29 is 8.42 Å². The lowest BCUT2D eigenvalue weighted by Gasteiger charge is -2.21. The molecule has 2 atom stereocenters. The van der Waals surface area contributed by atoms with E-state index in [-0.39, 0.29) is 12.0 Å². The largest absolute Gasteiger partial charge is 0.354 e. The molecule has 1 fully saturated rings. The predicted molar refractivity (Wildman–Crippen MR) is 86.2 cm³/mol. The molecule has 0 unspecified atom stereocenters. The van der Waals surface area contributed by atoms with Crippen molar-refractivity contribution in [3.8, 4) is 0 Å². The van der Waals surface area contributed by atoms with Crippen LogP contribution in [0.4, 0.5) is 5.82 Å². The fourth-order valence-electron chi connectivity index (χ4n) is 3.19. The molecule has 0 bridgehead atoms. The van der Waals surface area contributed by atoms with Crippen LogP contribution in [0, 0.1) is 11.8 Å². The monoisotopic (exact) mass is 323 g/mol. The van der Waals surface area contributed by atoms with Gasteiger partial charge in [-0.15, -0.1) is 0 Å². The van der Waals surface area contributed by atoms with Crippen molar-refractivity contribution in [3.05, 3.63) is 18.6 Å². The number of anilines is 1. The average molecular weight is 323 g/mol. The van der Waals surface area contributed by atoms with Gasteiger partial charge in [-0.1, -0.05) is 13.8 Å². The molecule has 22 heavy (non-hydrogen) atoms. The van der Waals surface area contributed by atoms with E-state index in [0.29, 0.717) is 12.5 Å². The van der Waals surface area contributed by atoms with Crippen LogP contribution in [-0.4, -0.2) is 48.8 Å². The number of hydrogen-bond donors (Lipinski definition) is 2. The fourth-order valence-corrected chi connectivity index (χ4v) is 3.99. The lowest BCUT2D eigenvalue weighted by molar-refractivity contribution is 0.365. The van der Waals surface area contributed by atoms with Crippen LogP contribution in [0.25, 0.3) is 11.0 Å². The summed E-state index contributed by atoms with van der Waals surface area (Å²) >= 11 is 0. The molecule has 3 rings (SSSR count). The maximum atomic E-state index is 11.6. The van der Waals surface area contributed by atoms with Crippen molar-refractivity contribution in [3.63, 3.8) is 0 Å². The molecule has 8 heteroatoms. The summed E-state index contributed by atoms with van der Waals surface area (Å²) in [5.41, 5.74) is 0.797. The van der Waals surface area contributed by atoms with Gasteiger partial charge in [0.05, 0.1) is 11.6 Å². The van der Waals surface area contributed by atoms with Crippen molar-refractivity contribution in [1.29, 1.82) is 0 Å². The molecule has 0 radical (unpaired) electrons. The maximum absolute atomic E-state index is 11.6. The third-order valence-corrected chi connectivity index (χ3v) is 4.95. The van der Waals surface area contributed by atoms with Gasteiger partial charge >= 0.3 is 0 Å². The number of H-pyrrole nitrogens is 1. The Hall–Kier alpha value is -1.67. The zero-order chi connectivity index (χ0) is 15.9. The van der Waals surface area contributed by atoms with Gasteiger partial charge in [-0.05, 0) is 17.9 Å². The molecule has 2 aromatic heterocycles. The highest BCUT2D eigenvalue weighted by atomic mass is 32.2. The number of rotatable bonds is 4. The molecule has 1 saturated heterocycles. The van der Waals surface area contributed by atoms with Crippen LogP contribution in [0.5, 0.6) is 0 Å². The topological polar surface area (TPSA) is 91.0 Å². The summed E-state index contributed by atoms with van der Waals surface area (Å²) in [7, 11) is -3.23. The minimum atomic E-state index is -3.23. The van der Waals surface area contributed by atoms with Crippen molar-refractivity contribution >= 4 is 26.9 Å². The Balaban J connectivity index is 1.91. The van der Waals surface area contributed by atoms with Gasteiger partial charge in [0.25, 0.3) is 0 Å². The second kappa shape index (κ2) is 5.51. The summed E-state index contributed by atoms with van der Waals surface area (Å²) < 4.78 is 26.0. The van der Waals surface area contributed by atoms with Crippen LogP contribution in [0.15, 0.2) is 18.6 Å². The van der Waals surface area contributed by atoms with Crippen LogP contribution >= 0.6 is 0 Å². The van der Waals surface area contributed by atoms with E-state index in [1.54, 1.807) is 0 Å². The van der Waals surface area contributed by atoms with Crippen molar-refractivity contribution in [2.24, 2.45) is 11.8 Å². The third-order valence-electron chi connectivity index (χ3n) is 4.22. The summed E-state index contributed by atoms with van der Waals surface area (Å²) in [4.78, 5) is 13.8. The van der Waals surface area contributed by atoms with Gasteiger partial charge in [-0.3, -0.25) is 0 Å². The zero-order valence-corrected chi connectivity index (χ0v) is 13.8. The van der Waals surface area contributed by atoms with Crippen molar-refractivity contribution in [1.82, 2.24) is 19.7 Å². The summed E-state index contributed by atoms with van der Waals surface area (Å²) in [5, 5.41) is 0.963. The summed E-state index contributed by atoms with van der Waals surface area (Å²) in [6.45, 7) is 5.64. The Morgan fingerprint density at radius 1 is 1.36 bits per heavy atom. The molecule has 3 heterocycles. The minimum absolute atomic E-state index is 0.0982. The molecule has 2 aromatic rings. The maximum Gasteiger partial charge on any atom is 0.209 e. The number of hydrogen-bond acceptors (Lipinski definition) is 5. The SMILES string of the molecule is CC(C)[C@@H]1CN(c2ncnc3[nH]ccc23)C[C@H]1NS(C)(=O)=O. The van der Waals surface area contributed by atoms with Crippen LogP contribution in [-0.2, 0) is 10.0 Å². The molecule has 0 aliphatic carbocycles. The van der Waals surface area contributed by atoms with E-state index >= 15 is 0 Å². The lowest BCUT2D eigenvalue weighted by atomic mass is 9.92. The first-order valence-electron chi connectivity index (χ1n) is 7.35. The molecule has 1 aliphatic rings. The summed E-state index contributed by atoms with van der Waals surface area (Å²) in [5.74, 6) is 1.49. The standard InChI is InChI=1S/C14H21N5O2S/c1-9(2)11-6-19(7-12(11)18-22(3,20)21)14-10-4-5-15-13(10)16-8-17-14/h4-5,8-9,11-12,18H,6-7H2,1-3H3,(H,15,16,17)/t11-,12+/m0/s1. The third kappa shape index (κ3) is 2.93. The molecule has 0 saturated carbocycles. The van der Waals surface area contributed by atoms with Gasteiger partial charge in [-0.2, -0.15) is 0 Å². The van der Waals surface area contributed by atoms with Gasteiger partial charge in [0, 0.05) is 25.3 Å². The van der Waals surface area contributed by atoms with Gasteiger partial charge in [0.2, 0.25) is 10.0 Å². The number of aromatic nitrogens is 3. The second-order valence-corrected chi connectivity index (χ2v) is 8.03. The van der Waals surface area contributed by atoms with E-state index in [4.69, 9.17) is 0 Å². The molecule has 0 aromatic carbocycles. The predicted octanol–water partition coefficient (Wildman–Crippen LogP) is 0.968. The molecular weight excluding hydrogens is 302 g/mol. The highest BCUT2D eigenvalue weighted by molar-refractivity contribution is 7.88. The van der Waals surface area contributed by atoms with E-state index < -0.39 is 10.0 Å². The molecule has 2 N–H and O–H groups in total. The van der Waals surface area contributed by atoms with E-state index in [1.807, 2.05) is 12.3 Å². The Kier molecular flexibility index (Phi) is 3.82. The number of nitrogens with one attached hydrogen (secondary N) is 2. The molecular formula is C14H21N5O2S. The van der Waals surface area contributed by atoms with Gasteiger partial charge in [-0.25, -0.2) is 23.1 Å². The normalized spacial score (nSPS) is 22.8. The first-order chi connectivity index (χ1) is 10.3. The van der Waals surface area contributed by atoms with Crippen molar-refractivity contribution in [2.45, 2.75) is 19.9 Å². The van der Waals surface area contributed by atoms with E-state index in [0.717, 1.165) is 23.4 Å². The van der Waals surface area contributed by atoms with E-state index in [9.17, 15) is 8.42 Å². The Labute approximate surface area is 130 Å². The smallest absolute Gasteiger partial charge is 0.209 e. The second-order valence-electron chi connectivity index (χ2n) is 6.25. The van der Waals surface area contributed by atoms with Crippen LogP contribution in [0.1, 0.15) is 13.8 Å². The average Bonchev–Trinajstić information content (AvgIpc) is 3.02. The van der Waals surface area contributed by atoms with Crippen molar-refractivity contribution in [2.75, 3.05) is 24.2 Å². The minimum Gasteiger partial charge on any atom is -0.354 e. The fraction of sp³-hybridized carbons (Fsp3) is 0.571. The molecule has 1 aliphatic heterocycles. The lowest BCUT2D eigenvalue weighted by Crippen LogP contribution is -2.41. The Morgan fingerprint density at radius 3 is 2.82 bits per heavy atom. The van der Waals surface area contributed by atoms with Crippen LogP contribution < -0.4 is 9.62 Å². The Bertz CT molecular complexity index is 770. The molecule has 0 spiro atoms. The van der Waals surface area contributed by atoms with E-state index in [1.165, 1.54) is 12.6 Å². The van der Waals surface area contributed by atoms with Gasteiger partial charge in [0.15, 0.2) is 0 Å².